The summed E-state index contributed by atoms with van der Waals surface area (Å²) in [6.07, 6.45) is 1.03. The van der Waals surface area contributed by atoms with Crippen LogP contribution in [0.15, 0.2) is 42.5 Å². The van der Waals surface area contributed by atoms with E-state index in [1.807, 2.05) is 0 Å². The van der Waals surface area contributed by atoms with Crippen molar-refractivity contribution in [1.82, 2.24) is 0 Å². The lowest BCUT2D eigenvalue weighted by molar-refractivity contribution is -0.122. The Balaban J connectivity index is 1.71. The molecule has 2 aromatic carbocycles. The number of ether oxygens (including phenoxy) is 2. The number of rotatable bonds is 4. The normalized spacial score (nSPS) is 16.3. The molecule has 0 saturated carbocycles. The molecule has 0 spiro atoms. The van der Waals surface area contributed by atoms with Crippen LogP contribution in [-0.4, -0.2) is 52.3 Å². The number of carbonyl (C=O) groups excluding carboxylic acids is 2. The molecule has 2 amide bonds. The minimum Gasteiger partial charge on any atom is -0.486 e. The summed E-state index contributed by atoms with van der Waals surface area (Å²) in [5.74, 6) is 0.0610. The van der Waals surface area contributed by atoms with Gasteiger partial charge in [0.25, 0.3) is 5.91 Å². The second kappa shape index (κ2) is 7.52. The number of anilines is 3. The number of fused-ring (bicyclic) bond motifs is 2. The first-order valence-corrected chi connectivity index (χ1v) is 11.2. The molecule has 4 rings (SSSR count). The molecule has 30 heavy (non-hydrogen) atoms. The van der Waals surface area contributed by atoms with E-state index in [0.29, 0.717) is 36.1 Å². The largest absolute Gasteiger partial charge is 0.486 e. The Morgan fingerprint density at radius 2 is 1.83 bits per heavy atom. The lowest BCUT2D eigenvalue weighted by Crippen LogP contribution is -2.52. The zero-order valence-electron chi connectivity index (χ0n) is 16.5. The van der Waals surface area contributed by atoms with E-state index in [9.17, 15) is 18.0 Å². The van der Waals surface area contributed by atoms with Crippen molar-refractivity contribution in [2.45, 2.75) is 13.0 Å². The molecule has 2 aromatic rings. The molecule has 2 aliphatic rings. The molecular weight excluding hydrogens is 410 g/mol. The zero-order valence-corrected chi connectivity index (χ0v) is 17.3. The first-order valence-electron chi connectivity index (χ1n) is 9.35. The monoisotopic (exact) mass is 431 g/mol. The van der Waals surface area contributed by atoms with E-state index in [0.717, 1.165) is 10.6 Å². The second-order valence-electron chi connectivity index (χ2n) is 7.05. The van der Waals surface area contributed by atoms with Crippen LogP contribution in [0.4, 0.5) is 17.1 Å². The highest BCUT2D eigenvalue weighted by atomic mass is 32.2. The predicted molar refractivity (Wildman–Crippen MR) is 112 cm³/mol. The molecule has 0 aliphatic carbocycles. The van der Waals surface area contributed by atoms with E-state index in [1.165, 1.54) is 17.9 Å². The highest BCUT2D eigenvalue weighted by molar-refractivity contribution is 7.92. The van der Waals surface area contributed by atoms with Gasteiger partial charge in [-0.2, -0.15) is 0 Å². The van der Waals surface area contributed by atoms with E-state index >= 15 is 0 Å². The van der Waals surface area contributed by atoms with Crippen LogP contribution < -0.4 is 24.0 Å². The van der Waals surface area contributed by atoms with Crippen molar-refractivity contribution < 1.29 is 27.5 Å². The maximum absolute atomic E-state index is 13.3. The van der Waals surface area contributed by atoms with Gasteiger partial charge < -0.3 is 14.8 Å². The third-order valence-corrected chi connectivity index (χ3v) is 6.13. The highest BCUT2D eigenvalue weighted by Gasteiger charge is 2.36. The summed E-state index contributed by atoms with van der Waals surface area (Å²) in [6, 6.07) is 10.5. The predicted octanol–water partition coefficient (Wildman–Crippen LogP) is 1.60. The summed E-state index contributed by atoms with van der Waals surface area (Å²) < 4.78 is 37.3. The van der Waals surface area contributed by atoms with Crippen LogP contribution >= 0.6 is 0 Å². The van der Waals surface area contributed by atoms with Gasteiger partial charge in [0, 0.05) is 6.07 Å². The number of para-hydroxylation sites is 2. The summed E-state index contributed by atoms with van der Waals surface area (Å²) in [4.78, 5) is 26.7. The smallest absolute Gasteiger partial charge is 0.251 e. The maximum atomic E-state index is 13.3. The van der Waals surface area contributed by atoms with Gasteiger partial charge in [-0.1, -0.05) is 12.1 Å². The molecule has 0 saturated heterocycles. The van der Waals surface area contributed by atoms with Crippen LogP contribution in [0, 0.1) is 0 Å². The molecule has 0 unspecified atom stereocenters. The number of nitrogens with zero attached hydrogens (tertiary/aromatic N) is 2. The fraction of sp³-hybridized carbons (Fsp3) is 0.300. The van der Waals surface area contributed by atoms with Gasteiger partial charge in [-0.3, -0.25) is 18.8 Å². The molecule has 0 aromatic heterocycles. The Morgan fingerprint density at radius 3 is 2.57 bits per heavy atom. The molecule has 10 heteroatoms. The summed E-state index contributed by atoms with van der Waals surface area (Å²) >= 11 is 0. The summed E-state index contributed by atoms with van der Waals surface area (Å²) in [5.41, 5.74) is 1.29. The lowest BCUT2D eigenvalue weighted by atomic mass is 10.1. The quantitative estimate of drug-likeness (QED) is 0.788. The molecular formula is C20H21N3O6S. The Labute approximate surface area is 174 Å². The standard InChI is InChI=1S/C20H21N3O6S/c1-13(20(25)22-12-19(24)21-15-5-3-4-6-16(15)22)23(30(2,26)27)14-7-8-17-18(11-14)29-10-9-28-17/h3-8,11,13H,9-10,12H2,1-2H3,(H,21,24)/t13-/m0/s1. The number of nitrogens with one attached hydrogen (secondary N) is 1. The molecule has 0 fully saturated rings. The van der Waals surface area contributed by atoms with Crippen LogP contribution in [0.1, 0.15) is 6.92 Å². The van der Waals surface area contributed by atoms with Crippen molar-refractivity contribution in [2.75, 3.05) is 40.5 Å². The first kappa shape index (κ1) is 20.0. The van der Waals surface area contributed by atoms with Crippen LogP contribution in [0.5, 0.6) is 11.5 Å². The van der Waals surface area contributed by atoms with E-state index in [2.05, 4.69) is 5.32 Å². The van der Waals surface area contributed by atoms with Crippen molar-refractivity contribution in [2.24, 2.45) is 0 Å². The number of amides is 2. The van der Waals surface area contributed by atoms with E-state index in [-0.39, 0.29) is 18.1 Å². The minimum atomic E-state index is -3.83. The van der Waals surface area contributed by atoms with Crippen LogP contribution in [0.2, 0.25) is 0 Å². The first-order chi connectivity index (χ1) is 14.3. The number of benzene rings is 2. The van der Waals surface area contributed by atoms with Crippen molar-refractivity contribution >= 4 is 38.9 Å². The number of hydrogen-bond acceptors (Lipinski definition) is 6. The van der Waals surface area contributed by atoms with Crippen molar-refractivity contribution in [1.29, 1.82) is 0 Å². The molecule has 1 N–H and O–H groups in total. The van der Waals surface area contributed by atoms with Gasteiger partial charge in [-0.15, -0.1) is 0 Å². The molecule has 2 heterocycles. The molecule has 0 radical (unpaired) electrons. The van der Waals surface area contributed by atoms with Gasteiger partial charge >= 0.3 is 0 Å². The van der Waals surface area contributed by atoms with Gasteiger partial charge in [0.15, 0.2) is 11.5 Å². The van der Waals surface area contributed by atoms with Crippen LogP contribution in [0.25, 0.3) is 0 Å². The second-order valence-corrected chi connectivity index (χ2v) is 8.91. The fourth-order valence-corrected chi connectivity index (χ4v) is 4.79. The molecule has 2 aliphatic heterocycles. The Hall–Kier alpha value is -3.27. The SMILES string of the molecule is C[C@@H](C(=O)N1CC(=O)Nc2ccccc21)N(c1ccc2c(c1)OCCO2)S(C)(=O)=O. The van der Waals surface area contributed by atoms with E-state index < -0.39 is 22.0 Å². The number of hydrogen-bond donors (Lipinski definition) is 1. The van der Waals surface area contributed by atoms with Gasteiger partial charge in [0.2, 0.25) is 15.9 Å². The summed E-state index contributed by atoms with van der Waals surface area (Å²) in [7, 11) is -3.83. The minimum absolute atomic E-state index is 0.196. The van der Waals surface area contributed by atoms with Crippen molar-refractivity contribution in [3.05, 3.63) is 42.5 Å². The summed E-state index contributed by atoms with van der Waals surface area (Å²) in [6.45, 7) is 2.06. The van der Waals surface area contributed by atoms with Crippen LogP contribution in [0.3, 0.4) is 0 Å². The van der Waals surface area contributed by atoms with Crippen molar-refractivity contribution in [3.8, 4) is 11.5 Å². The van der Waals surface area contributed by atoms with Crippen molar-refractivity contribution in [3.63, 3.8) is 0 Å². The average Bonchev–Trinajstić information content (AvgIpc) is 2.71. The third kappa shape index (κ3) is 3.65. The van der Waals surface area contributed by atoms with Gasteiger partial charge in [-0.25, -0.2) is 8.42 Å². The Bertz CT molecular complexity index is 1120. The fourth-order valence-electron chi connectivity index (χ4n) is 3.63. The highest BCUT2D eigenvalue weighted by Crippen LogP contribution is 2.36. The number of carbonyl (C=O) groups is 2. The number of sulfonamides is 1. The van der Waals surface area contributed by atoms with Crippen LogP contribution in [-0.2, 0) is 19.6 Å². The topological polar surface area (TPSA) is 105 Å². The van der Waals surface area contributed by atoms with Gasteiger partial charge in [0.1, 0.15) is 25.8 Å². The molecule has 9 nitrogen and oxygen atoms in total. The molecule has 0 bridgehead atoms. The zero-order chi connectivity index (χ0) is 21.5. The lowest BCUT2D eigenvalue weighted by Gasteiger charge is -2.35. The average molecular weight is 431 g/mol. The third-order valence-electron chi connectivity index (χ3n) is 4.88. The Morgan fingerprint density at radius 1 is 1.13 bits per heavy atom. The molecule has 1 atom stereocenters. The molecule has 158 valence electrons. The van der Waals surface area contributed by atoms with E-state index in [4.69, 9.17) is 9.47 Å². The summed E-state index contributed by atoms with van der Waals surface area (Å²) in [5, 5.41) is 2.71. The van der Waals surface area contributed by atoms with E-state index in [1.54, 1.807) is 36.4 Å². The van der Waals surface area contributed by atoms with Gasteiger partial charge in [0.05, 0.1) is 23.3 Å². The Kier molecular flexibility index (Phi) is 5.02. The van der Waals surface area contributed by atoms with Gasteiger partial charge in [-0.05, 0) is 31.2 Å². The maximum Gasteiger partial charge on any atom is 0.251 e.